The number of benzene rings is 2. The minimum absolute atomic E-state index is 0.0641. The van der Waals surface area contributed by atoms with Gasteiger partial charge < -0.3 is 19.7 Å². The Bertz CT molecular complexity index is 1410. The molecular weight excluding hydrogens is 514 g/mol. The lowest BCUT2D eigenvalue weighted by Crippen LogP contribution is -2.47. The monoisotopic (exact) mass is 547 g/mol. The Balaban J connectivity index is 1.56. The zero-order valence-electron chi connectivity index (χ0n) is 22.2. The van der Waals surface area contributed by atoms with E-state index < -0.39 is 6.04 Å². The molecule has 1 aliphatic rings. The van der Waals surface area contributed by atoms with Crippen molar-refractivity contribution >= 4 is 34.2 Å². The van der Waals surface area contributed by atoms with E-state index in [0.717, 1.165) is 36.1 Å². The molecule has 9 nitrogen and oxygen atoms in total. The van der Waals surface area contributed by atoms with Gasteiger partial charge in [-0.25, -0.2) is 4.68 Å². The highest BCUT2D eigenvalue weighted by Crippen LogP contribution is 2.38. The Morgan fingerprint density at radius 3 is 2.62 bits per heavy atom. The van der Waals surface area contributed by atoms with Crippen molar-refractivity contribution < 1.29 is 19.1 Å². The molecule has 0 bridgehead atoms. The van der Waals surface area contributed by atoms with Crippen molar-refractivity contribution in [1.29, 1.82) is 0 Å². The quantitative estimate of drug-likeness (QED) is 0.308. The van der Waals surface area contributed by atoms with E-state index in [1.54, 1.807) is 41.2 Å². The number of hydrogen-bond donors (Lipinski definition) is 1. The number of hydrogen-bond acceptors (Lipinski definition) is 7. The van der Waals surface area contributed by atoms with Crippen molar-refractivity contribution in [2.75, 3.05) is 14.2 Å². The van der Waals surface area contributed by atoms with Crippen LogP contribution in [-0.2, 0) is 22.7 Å². The number of ether oxygens (including phenoxy) is 2. The maximum absolute atomic E-state index is 14.1. The Hall–Kier alpha value is -3.92. The molecule has 1 aliphatic carbocycles. The number of rotatable bonds is 10. The largest absolute Gasteiger partial charge is 0.493 e. The van der Waals surface area contributed by atoms with E-state index in [0.29, 0.717) is 22.6 Å². The highest BCUT2D eigenvalue weighted by atomic mass is 32.1. The van der Waals surface area contributed by atoms with Crippen LogP contribution in [0.4, 0.5) is 0 Å². The molecule has 10 heteroatoms. The molecule has 4 aromatic rings. The lowest BCUT2D eigenvalue weighted by molar-refractivity contribution is -0.142. The number of para-hydroxylation sites is 2. The first kappa shape index (κ1) is 26.7. The predicted octanol–water partition coefficient (Wildman–Crippen LogP) is 4.73. The fraction of sp³-hybridized carbons (Fsp3) is 0.379. The summed E-state index contributed by atoms with van der Waals surface area (Å²) >= 11 is 1.54. The van der Waals surface area contributed by atoms with Gasteiger partial charge in [0.2, 0.25) is 11.8 Å². The van der Waals surface area contributed by atoms with E-state index in [9.17, 15) is 9.59 Å². The zero-order chi connectivity index (χ0) is 27.2. The molecule has 0 saturated heterocycles. The normalized spacial score (nSPS) is 14.6. The van der Waals surface area contributed by atoms with Gasteiger partial charge >= 0.3 is 0 Å². The van der Waals surface area contributed by atoms with Crippen molar-refractivity contribution in [2.24, 2.45) is 0 Å². The third-order valence-corrected chi connectivity index (χ3v) is 8.03. The average Bonchev–Trinajstić information content (AvgIpc) is 3.63. The van der Waals surface area contributed by atoms with Crippen LogP contribution in [0, 0.1) is 0 Å². The van der Waals surface area contributed by atoms with Crippen molar-refractivity contribution in [3.8, 4) is 11.5 Å². The summed E-state index contributed by atoms with van der Waals surface area (Å²) in [4.78, 5) is 30.9. The van der Waals surface area contributed by atoms with E-state index >= 15 is 0 Å². The summed E-state index contributed by atoms with van der Waals surface area (Å²) < 4.78 is 12.9. The Labute approximate surface area is 231 Å². The summed E-state index contributed by atoms with van der Waals surface area (Å²) in [6, 6.07) is 16.0. The van der Waals surface area contributed by atoms with E-state index in [2.05, 4.69) is 15.6 Å². The molecule has 204 valence electrons. The van der Waals surface area contributed by atoms with Gasteiger partial charge in [0.05, 0.1) is 26.3 Å². The second kappa shape index (κ2) is 12.3. The standard InChI is InChI=1S/C29H33N5O4S/c1-37-25-16-8-13-22(28(25)38-2)27(29(36)30-20-10-4-3-5-11-20)33(18-21-12-9-17-39-21)26(35)19-34-24-15-7-6-14-23(24)31-32-34/h6-9,12-17,20,27H,3-5,10-11,18-19H2,1-2H3,(H,30,36)/t27-/m0/s1. The molecule has 0 spiro atoms. The molecule has 2 heterocycles. The molecular formula is C29H33N5O4S. The second-order valence-corrected chi connectivity index (χ2v) is 10.7. The van der Waals surface area contributed by atoms with Gasteiger partial charge in [-0.1, -0.05) is 54.8 Å². The summed E-state index contributed by atoms with van der Waals surface area (Å²) in [6.45, 7) is 0.192. The van der Waals surface area contributed by atoms with Crippen LogP contribution in [0.5, 0.6) is 11.5 Å². The number of carbonyl (C=O) groups excluding carboxylic acids is 2. The van der Waals surface area contributed by atoms with Gasteiger partial charge in [0, 0.05) is 16.5 Å². The maximum atomic E-state index is 14.1. The van der Waals surface area contributed by atoms with E-state index in [4.69, 9.17) is 9.47 Å². The number of methoxy groups -OCH3 is 2. The van der Waals surface area contributed by atoms with E-state index in [1.807, 2.05) is 53.9 Å². The number of nitrogens with one attached hydrogen (secondary N) is 1. The van der Waals surface area contributed by atoms with Gasteiger partial charge in [0.15, 0.2) is 11.5 Å². The van der Waals surface area contributed by atoms with Gasteiger partial charge in [-0.3, -0.25) is 9.59 Å². The molecule has 1 N–H and O–H groups in total. The van der Waals surface area contributed by atoms with Crippen LogP contribution in [0.1, 0.15) is 48.6 Å². The topological polar surface area (TPSA) is 98.6 Å². The zero-order valence-corrected chi connectivity index (χ0v) is 23.0. The summed E-state index contributed by atoms with van der Waals surface area (Å²) in [7, 11) is 3.10. The average molecular weight is 548 g/mol. The lowest BCUT2D eigenvalue weighted by atomic mass is 9.94. The third kappa shape index (κ3) is 5.90. The fourth-order valence-corrected chi connectivity index (χ4v) is 5.95. The van der Waals surface area contributed by atoms with Gasteiger partial charge in [-0.05, 0) is 42.5 Å². The van der Waals surface area contributed by atoms with Gasteiger partial charge in [-0.15, -0.1) is 16.4 Å². The highest BCUT2D eigenvalue weighted by Gasteiger charge is 2.36. The van der Waals surface area contributed by atoms with Crippen LogP contribution >= 0.6 is 11.3 Å². The number of nitrogens with zero attached hydrogens (tertiary/aromatic N) is 4. The molecule has 0 unspecified atom stereocenters. The molecule has 2 aromatic heterocycles. The Morgan fingerprint density at radius 2 is 1.87 bits per heavy atom. The molecule has 1 fully saturated rings. The molecule has 1 atom stereocenters. The summed E-state index contributed by atoms with van der Waals surface area (Å²) in [5.74, 6) is 0.435. The number of thiophene rings is 1. The summed E-state index contributed by atoms with van der Waals surface area (Å²) in [5, 5.41) is 13.6. The highest BCUT2D eigenvalue weighted by molar-refractivity contribution is 7.09. The molecule has 0 aliphatic heterocycles. The first-order chi connectivity index (χ1) is 19.1. The number of carbonyl (C=O) groups is 2. The Morgan fingerprint density at radius 1 is 1.05 bits per heavy atom. The van der Waals surface area contributed by atoms with Gasteiger partial charge in [0.1, 0.15) is 18.1 Å². The summed E-state index contributed by atoms with van der Waals surface area (Å²) in [6.07, 6.45) is 5.19. The molecule has 39 heavy (non-hydrogen) atoms. The predicted molar refractivity (Wildman–Crippen MR) is 150 cm³/mol. The maximum Gasteiger partial charge on any atom is 0.247 e. The lowest BCUT2D eigenvalue weighted by Gasteiger charge is -2.34. The number of fused-ring (bicyclic) bond motifs is 1. The van der Waals surface area contributed by atoms with Crippen molar-refractivity contribution in [3.05, 3.63) is 70.4 Å². The molecule has 2 aromatic carbocycles. The van der Waals surface area contributed by atoms with Crippen LogP contribution in [0.3, 0.4) is 0 Å². The van der Waals surface area contributed by atoms with Crippen molar-refractivity contribution in [3.63, 3.8) is 0 Å². The smallest absolute Gasteiger partial charge is 0.247 e. The molecule has 1 saturated carbocycles. The first-order valence-corrected chi connectivity index (χ1v) is 14.1. The number of amides is 2. The van der Waals surface area contributed by atoms with Crippen molar-refractivity contribution in [1.82, 2.24) is 25.2 Å². The first-order valence-electron chi connectivity index (χ1n) is 13.2. The van der Waals surface area contributed by atoms with E-state index in [1.165, 1.54) is 6.42 Å². The third-order valence-electron chi connectivity index (χ3n) is 7.17. The molecule has 5 rings (SSSR count). The van der Waals surface area contributed by atoms with Crippen LogP contribution < -0.4 is 14.8 Å². The van der Waals surface area contributed by atoms with Crippen LogP contribution in [0.25, 0.3) is 11.0 Å². The summed E-state index contributed by atoms with van der Waals surface area (Å²) in [5.41, 5.74) is 2.03. The minimum atomic E-state index is -0.943. The van der Waals surface area contributed by atoms with Gasteiger partial charge in [-0.2, -0.15) is 0 Å². The second-order valence-electron chi connectivity index (χ2n) is 9.67. The SMILES string of the molecule is COc1cccc([C@@H](C(=O)NC2CCCCC2)N(Cc2cccs2)C(=O)Cn2nnc3ccccc32)c1OC. The van der Waals surface area contributed by atoms with Gasteiger partial charge in [0.25, 0.3) is 0 Å². The number of aromatic nitrogens is 3. The van der Waals surface area contributed by atoms with E-state index in [-0.39, 0.29) is 30.9 Å². The molecule has 0 radical (unpaired) electrons. The fourth-order valence-electron chi connectivity index (χ4n) is 5.25. The van der Waals surface area contributed by atoms with Crippen LogP contribution in [0.2, 0.25) is 0 Å². The van der Waals surface area contributed by atoms with Crippen molar-refractivity contribution in [2.45, 2.75) is 57.3 Å². The van der Waals surface area contributed by atoms with Crippen LogP contribution in [0.15, 0.2) is 60.0 Å². The minimum Gasteiger partial charge on any atom is -0.493 e. The molecule has 2 amide bonds. The Kier molecular flexibility index (Phi) is 8.41. The van der Waals surface area contributed by atoms with Crippen LogP contribution in [-0.4, -0.2) is 52.0 Å².